The molecule has 0 aliphatic carbocycles. The number of carboxylic acid groups (broad SMARTS) is 1. The van der Waals surface area contributed by atoms with Crippen molar-refractivity contribution in [3.63, 3.8) is 0 Å². The third kappa shape index (κ3) is 4.52. The normalized spacial score (nSPS) is 21.5. The average molecular weight is 426 g/mol. The lowest BCUT2D eigenvalue weighted by atomic mass is 9.78. The molecule has 1 amide bonds. The summed E-state index contributed by atoms with van der Waals surface area (Å²) in [6.07, 6.45) is 4.89. The smallest absolute Gasteiger partial charge is 0.475 e. The molecule has 0 aromatic carbocycles. The van der Waals surface area contributed by atoms with Gasteiger partial charge in [-0.1, -0.05) is 0 Å². The van der Waals surface area contributed by atoms with Gasteiger partial charge in [0.1, 0.15) is 0 Å². The number of carbonyl (C=O) groups is 2. The van der Waals surface area contributed by atoms with E-state index in [1.54, 1.807) is 23.3 Å². The SMILES string of the molecule is Cn1cc(N2CCC3(CCCN(c4ncccn4)C3)C2=O)cn1.O=C(O)C(F)(F)F. The second-order valence-electron chi connectivity index (χ2n) is 7.24. The maximum absolute atomic E-state index is 13.1. The fourth-order valence-corrected chi connectivity index (χ4v) is 3.75. The van der Waals surface area contributed by atoms with Crippen LogP contribution in [0.1, 0.15) is 19.3 Å². The van der Waals surface area contributed by atoms with Gasteiger partial charge in [0.25, 0.3) is 0 Å². The van der Waals surface area contributed by atoms with Crippen molar-refractivity contribution in [2.45, 2.75) is 25.4 Å². The summed E-state index contributed by atoms with van der Waals surface area (Å²) in [7, 11) is 1.87. The van der Waals surface area contributed by atoms with Crippen LogP contribution in [0, 0.1) is 5.41 Å². The first-order valence-corrected chi connectivity index (χ1v) is 9.25. The molecule has 0 bridgehead atoms. The van der Waals surface area contributed by atoms with E-state index >= 15 is 0 Å². The molecule has 1 N–H and O–H groups in total. The highest BCUT2D eigenvalue weighted by Gasteiger charge is 2.49. The van der Waals surface area contributed by atoms with Crippen molar-refractivity contribution in [2.75, 3.05) is 29.4 Å². The quantitative estimate of drug-likeness (QED) is 0.782. The minimum absolute atomic E-state index is 0.214. The van der Waals surface area contributed by atoms with Crippen LogP contribution >= 0.6 is 0 Å². The Balaban J connectivity index is 0.000000318. The molecule has 0 saturated carbocycles. The van der Waals surface area contributed by atoms with Gasteiger partial charge in [0, 0.05) is 45.3 Å². The minimum atomic E-state index is -5.08. The van der Waals surface area contributed by atoms with E-state index in [2.05, 4.69) is 20.0 Å². The monoisotopic (exact) mass is 426 g/mol. The highest BCUT2D eigenvalue weighted by Crippen LogP contribution is 2.42. The first kappa shape index (κ1) is 21.5. The van der Waals surface area contributed by atoms with Crippen LogP contribution in [-0.4, -0.2) is 62.5 Å². The Morgan fingerprint density at radius 2 is 1.87 bits per heavy atom. The Bertz CT molecular complexity index is 904. The molecule has 2 aliphatic rings. The molecular weight excluding hydrogens is 405 g/mol. The highest BCUT2D eigenvalue weighted by molar-refractivity contribution is 6.00. The Morgan fingerprint density at radius 3 is 2.43 bits per heavy atom. The van der Waals surface area contributed by atoms with E-state index in [0.717, 1.165) is 44.0 Å². The van der Waals surface area contributed by atoms with Gasteiger partial charge in [-0.2, -0.15) is 18.3 Å². The van der Waals surface area contributed by atoms with Crippen LogP contribution in [0.3, 0.4) is 0 Å². The number of piperidine rings is 1. The molecule has 1 unspecified atom stereocenters. The minimum Gasteiger partial charge on any atom is -0.475 e. The second kappa shape index (κ2) is 8.28. The molecular formula is C18H21F3N6O3. The zero-order valence-electron chi connectivity index (χ0n) is 16.2. The van der Waals surface area contributed by atoms with Crippen molar-refractivity contribution in [3.8, 4) is 0 Å². The third-order valence-corrected chi connectivity index (χ3v) is 5.17. The summed E-state index contributed by atoms with van der Waals surface area (Å²) < 4.78 is 33.5. The lowest BCUT2D eigenvalue weighted by molar-refractivity contribution is -0.192. The molecule has 2 aromatic rings. The van der Waals surface area contributed by atoms with Crippen LogP contribution < -0.4 is 9.80 Å². The van der Waals surface area contributed by atoms with Crippen LogP contribution in [-0.2, 0) is 16.6 Å². The van der Waals surface area contributed by atoms with Crippen molar-refractivity contribution < 1.29 is 27.9 Å². The number of alkyl halides is 3. The number of aliphatic carboxylic acids is 1. The molecule has 12 heteroatoms. The van der Waals surface area contributed by atoms with Gasteiger partial charge in [-0.3, -0.25) is 9.48 Å². The maximum atomic E-state index is 13.1. The topological polar surface area (TPSA) is 104 Å². The Labute approximate surface area is 170 Å². The first-order chi connectivity index (χ1) is 14.1. The highest BCUT2D eigenvalue weighted by atomic mass is 19.4. The van der Waals surface area contributed by atoms with Gasteiger partial charge in [-0.15, -0.1) is 0 Å². The number of aryl methyl sites for hydroxylation is 1. The Hall–Kier alpha value is -3.18. The van der Waals surface area contributed by atoms with Gasteiger partial charge in [-0.25, -0.2) is 14.8 Å². The van der Waals surface area contributed by atoms with E-state index in [1.807, 2.05) is 24.2 Å². The molecule has 1 spiro atoms. The molecule has 162 valence electrons. The number of amides is 1. The van der Waals surface area contributed by atoms with Gasteiger partial charge in [0.15, 0.2) is 0 Å². The number of rotatable bonds is 2. The number of hydrogen-bond acceptors (Lipinski definition) is 6. The van der Waals surface area contributed by atoms with E-state index < -0.39 is 12.1 Å². The van der Waals surface area contributed by atoms with Gasteiger partial charge in [0.2, 0.25) is 11.9 Å². The molecule has 4 rings (SSSR count). The Morgan fingerprint density at radius 1 is 1.20 bits per heavy atom. The van der Waals surface area contributed by atoms with E-state index in [-0.39, 0.29) is 11.3 Å². The second-order valence-corrected chi connectivity index (χ2v) is 7.24. The van der Waals surface area contributed by atoms with Crippen molar-refractivity contribution in [2.24, 2.45) is 12.5 Å². The first-order valence-electron chi connectivity index (χ1n) is 9.25. The van der Waals surface area contributed by atoms with E-state index in [9.17, 15) is 18.0 Å². The molecule has 9 nitrogen and oxygen atoms in total. The summed E-state index contributed by atoms with van der Waals surface area (Å²) in [6, 6.07) is 1.81. The van der Waals surface area contributed by atoms with Crippen LogP contribution in [0.15, 0.2) is 30.9 Å². The lowest BCUT2D eigenvalue weighted by Gasteiger charge is -2.38. The van der Waals surface area contributed by atoms with Crippen molar-refractivity contribution in [1.82, 2.24) is 19.7 Å². The van der Waals surface area contributed by atoms with Crippen molar-refractivity contribution in [3.05, 3.63) is 30.9 Å². The number of nitrogens with zero attached hydrogens (tertiary/aromatic N) is 6. The standard InChI is InChI=1S/C16H20N6O.C2HF3O2/c1-20-11-13(10-19-20)22-9-5-16(14(22)23)4-2-8-21(12-16)15-17-6-3-7-18-15;3-2(4,5)1(6)7/h3,6-7,10-11H,2,4-5,8-9,12H2,1H3;(H,6,7). The largest absolute Gasteiger partial charge is 0.490 e. The summed E-state index contributed by atoms with van der Waals surface area (Å²) >= 11 is 0. The van der Waals surface area contributed by atoms with Crippen LogP contribution in [0.5, 0.6) is 0 Å². The fraction of sp³-hybridized carbons (Fsp3) is 0.500. The van der Waals surface area contributed by atoms with Gasteiger partial charge < -0.3 is 14.9 Å². The Kier molecular flexibility index (Phi) is 5.94. The average Bonchev–Trinajstić information content (AvgIpc) is 3.26. The number of anilines is 2. The molecule has 2 saturated heterocycles. The number of hydrogen-bond donors (Lipinski definition) is 1. The molecule has 1 atom stereocenters. The summed E-state index contributed by atoms with van der Waals surface area (Å²) in [6.45, 7) is 2.37. The maximum Gasteiger partial charge on any atom is 0.490 e. The third-order valence-electron chi connectivity index (χ3n) is 5.17. The van der Waals surface area contributed by atoms with Gasteiger partial charge in [0.05, 0.1) is 17.3 Å². The van der Waals surface area contributed by atoms with Crippen LogP contribution in [0.4, 0.5) is 24.8 Å². The van der Waals surface area contributed by atoms with Crippen LogP contribution in [0.25, 0.3) is 0 Å². The molecule has 2 aliphatic heterocycles. The zero-order chi connectivity index (χ0) is 21.9. The van der Waals surface area contributed by atoms with Crippen molar-refractivity contribution in [1.29, 1.82) is 0 Å². The van der Waals surface area contributed by atoms with Gasteiger partial charge in [-0.05, 0) is 25.3 Å². The molecule has 2 aromatic heterocycles. The molecule has 2 fully saturated rings. The summed E-state index contributed by atoms with van der Waals surface area (Å²) in [5.41, 5.74) is 0.579. The number of carbonyl (C=O) groups excluding carboxylic acids is 1. The number of aromatic nitrogens is 4. The summed E-state index contributed by atoms with van der Waals surface area (Å²) in [5, 5.41) is 11.3. The number of halogens is 3. The molecule has 4 heterocycles. The number of carboxylic acids is 1. The fourth-order valence-electron chi connectivity index (χ4n) is 3.75. The van der Waals surface area contributed by atoms with E-state index in [0.29, 0.717) is 6.54 Å². The van der Waals surface area contributed by atoms with E-state index in [4.69, 9.17) is 9.90 Å². The van der Waals surface area contributed by atoms with Crippen molar-refractivity contribution >= 4 is 23.5 Å². The molecule has 0 radical (unpaired) electrons. The molecule has 30 heavy (non-hydrogen) atoms. The lowest BCUT2D eigenvalue weighted by Crippen LogP contribution is -2.48. The van der Waals surface area contributed by atoms with Crippen LogP contribution in [0.2, 0.25) is 0 Å². The van der Waals surface area contributed by atoms with E-state index in [1.165, 1.54) is 0 Å². The zero-order valence-corrected chi connectivity index (χ0v) is 16.2. The predicted molar refractivity (Wildman–Crippen MR) is 99.8 cm³/mol. The summed E-state index contributed by atoms with van der Waals surface area (Å²) in [5.74, 6) is -1.82. The summed E-state index contributed by atoms with van der Waals surface area (Å²) in [4.78, 5) is 34.7. The van der Waals surface area contributed by atoms with Gasteiger partial charge >= 0.3 is 12.1 Å². The predicted octanol–water partition coefficient (Wildman–Crippen LogP) is 1.87.